The van der Waals surface area contributed by atoms with Gasteiger partial charge in [0.2, 0.25) is 5.88 Å². The van der Waals surface area contributed by atoms with Crippen LogP contribution in [0.25, 0.3) is 0 Å². The largest absolute Gasteiger partial charge is 0.574 e. The zero-order valence-corrected chi connectivity index (χ0v) is 10.2. The average Bonchev–Trinajstić information content (AvgIpc) is 2.05. The number of halogens is 7. The quantitative estimate of drug-likeness (QED) is 0.552. The van der Waals surface area contributed by atoms with Crippen molar-refractivity contribution in [1.82, 2.24) is 4.98 Å². The van der Waals surface area contributed by atoms with Crippen molar-refractivity contribution in [2.45, 2.75) is 19.5 Å². The Morgan fingerprint density at radius 3 is 2.12 bits per heavy atom. The molecule has 0 aliphatic rings. The van der Waals surface area contributed by atoms with Crippen LogP contribution in [0.15, 0.2) is 6.07 Å². The van der Waals surface area contributed by atoms with Crippen LogP contribution < -0.4 is 4.74 Å². The van der Waals surface area contributed by atoms with Gasteiger partial charge in [-0.05, 0) is 35.6 Å². The zero-order valence-electron chi connectivity index (χ0n) is 8.08. The maximum Gasteiger partial charge on any atom is 0.574 e. The topological polar surface area (TPSA) is 22.1 Å². The number of aromatic nitrogens is 1. The third-order valence-corrected chi connectivity index (χ3v) is 2.42. The van der Waals surface area contributed by atoms with Crippen LogP contribution in [0.4, 0.5) is 26.3 Å². The normalized spacial score (nSPS) is 12.7. The average molecular weight is 371 g/mol. The smallest absolute Gasteiger partial charge is 0.388 e. The third-order valence-electron chi connectivity index (χ3n) is 1.60. The number of hydrogen-bond donors (Lipinski definition) is 0. The van der Waals surface area contributed by atoms with Crippen LogP contribution in [0.2, 0.25) is 0 Å². The third kappa shape index (κ3) is 3.89. The molecule has 1 aromatic heterocycles. The van der Waals surface area contributed by atoms with E-state index in [1.807, 2.05) is 0 Å². The van der Waals surface area contributed by atoms with Gasteiger partial charge >= 0.3 is 12.5 Å². The van der Waals surface area contributed by atoms with E-state index in [2.05, 4.69) is 9.72 Å². The number of alkyl halides is 6. The highest BCUT2D eigenvalue weighted by Gasteiger charge is 2.38. The van der Waals surface area contributed by atoms with E-state index in [0.29, 0.717) is 0 Å². The van der Waals surface area contributed by atoms with Gasteiger partial charge in [-0.2, -0.15) is 13.2 Å². The molecule has 0 fully saturated rings. The van der Waals surface area contributed by atoms with E-state index in [9.17, 15) is 26.3 Å². The van der Waals surface area contributed by atoms with Gasteiger partial charge in [-0.15, -0.1) is 13.2 Å². The van der Waals surface area contributed by atoms with Gasteiger partial charge in [0.25, 0.3) is 0 Å². The van der Waals surface area contributed by atoms with Crippen molar-refractivity contribution in [3.63, 3.8) is 0 Å². The first kappa shape index (κ1) is 14.3. The second kappa shape index (κ2) is 4.50. The van der Waals surface area contributed by atoms with Crippen LogP contribution in [0.5, 0.6) is 5.88 Å². The Morgan fingerprint density at radius 2 is 1.71 bits per heavy atom. The van der Waals surface area contributed by atoms with Crippen LogP contribution in [-0.2, 0) is 6.18 Å². The standard InChI is InChI=1S/C8H4F6INO/c1-3-2-4(15)5(7(9,10)11)16-6(3)17-8(12,13)14/h2H,1H3. The first-order chi connectivity index (χ1) is 7.50. The first-order valence-electron chi connectivity index (χ1n) is 4.01. The summed E-state index contributed by atoms with van der Waals surface area (Å²) in [5.41, 5.74) is -1.53. The summed E-state index contributed by atoms with van der Waals surface area (Å²) in [5.74, 6) is -1.09. The molecule has 0 aromatic carbocycles. The van der Waals surface area contributed by atoms with Crippen LogP contribution in [-0.4, -0.2) is 11.3 Å². The van der Waals surface area contributed by atoms with Crippen molar-refractivity contribution in [3.8, 4) is 5.88 Å². The number of ether oxygens (including phenoxy) is 1. The molecule has 0 saturated heterocycles. The summed E-state index contributed by atoms with van der Waals surface area (Å²) >= 11 is 1.35. The highest BCUT2D eigenvalue weighted by atomic mass is 127. The maximum atomic E-state index is 12.4. The van der Waals surface area contributed by atoms with Crippen LogP contribution in [0.3, 0.4) is 0 Å². The summed E-state index contributed by atoms with van der Waals surface area (Å²) in [6.07, 6.45) is -9.90. The molecular weight excluding hydrogens is 367 g/mol. The Balaban J connectivity index is 3.25. The van der Waals surface area contributed by atoms with Gasteiger partial charge in [-0.25, -0.2) is 4.98 Å². The molecule has 0 unspecified atom stereocenters. The first-order valence-corrected chi connectivity index (χ1v) is 5.08. The van der Waals surface area contributed by atoms with Gasteiger partial charge in [0.1, 0.15) is 0 Å². The molecule has 0 atom stereocenters. The molecule has 0 saturated carbocycles. The summed E-state index contributed by atoms with van der Waals surface area (Å²) in [6, 6.07) is 0.928. The molecule has 0 amide bonds. The number of nitrogens with zero attached hydrogens (tertiary/aromatic N) is 1. The fraction of sp³-hybridized carbons (Fsp3) is 0.375. The van der Waals surface area contributed by atoms with Crippen molar-refractivity contribution in [2.24, 2.45) is 0 Å². The minimum Gasteiger partial charge on any atom is -0.388 e. The summed E-state index contributed by atoms with van der Waals surface area (Å²) in [6.45, 7) is 1.18. The van der Waals surface area contributed by atoms with Gasteiger partial charge in [0, 0.05) is 9.13 Å². The number of pyridine rings is 1. The van der Waals surface area contributed by atoms with Crippen LogP contribution in [0.1, 0.15) is 11.3 Å². The fourth-order valence-electron chi connectivity index (χ4n) is 0.975. The highest BCUT2D eigenvalue weighted by molar-refractivity contribution is 14.1. The predicted molar refractivity (Wildman–Crippen MR) is 53.4 cm³/mol. The highest BCUT2D eigenvalue weighted by Crippen LogP contribution is 2.35. The molecule has 0 spiro atoms. The van der Waals surface area contributed by atoms with Crippen molar-refractivity contribution < 1.29 is 31.1 Å². The Bertz CT molecular complexity index is 427. The van der Waals surface area contributed by atoms with Crippen molar-refractivity contribution in [3.05, 3.63) is 20.9 Å². The summed E-state index contributed by atoms with van der Waals surface area (Å²) < 4.78 is 76.0. The second-order valence-corrected chi connectivity index (χ2v) is 4.15. The second-order valence-electron chi connectivity index (χ2n) is 2.99. The molecule has 1 rings (SSSR count). The van der Waals surface area contributed by atoms with E-state index in [1.54, 1.807) is 0 Å². The van der Waals surface area contributed by atoms with Gasteiger partial charge in [0.15, 0.2) is 5.69 Å². The summed E-state index contributed by atoms with van der Waals surface area (Å²) in [4.78, 5) is 2.85. The lowest BCUT2D eigenvalue weighted by Crippen LogP contribution is -2.20. The van der Waals surface area contributed by atoms with E-state index in [4.69, 9.17) is 0 Å². The predicted octanol–water partition coefficient (Wildman–Crippen LogP) is 3.91. The zero-order chi connectivity index (χ0) is 13.4. The van der Waals surface area contributed by atoms with Gasteiger partial charge in [-0.1, -0.05) is 0 Å². The minimum atomic E-state index is -5.08. The lowest BCUT2D eigenvalue weighted by molar-refractivity contribution is -0.276. The monoisotopic (exact) mass is 371 g/mol. The van der Waals surface area contributed by atoms with Crippen molar-refractivity contribution in [2.75, 3.05) is 0 Å². The van der Waals surface area contributed by atoms with E-state index < -0.39 is 24.1 Å². The fourth-order valence-corrected chi connectivity index (χ4v) is 1.87. The Morgan fingerprint density at radius 1 is 1.18 bits per heavy atom. The van der Waals surface area contributed by atoms with E-state index in [-0.39, 0.29) is 9.13 Å². The SMILES string of the molecule is Cc1cc(I)c(C(F)(F)F)nc1OC(F)(F)F. The van der Waals surface area contributed by atoms with Gasteiger partial charge in [0.05, 0.1) is 0 Å². The maximum absolute atomic E-state index is 12.4. The Kier molecular flexibility index (Phi) is 3.79. The molecule has 0 aliphatic carbocycles. The molecule has 0 N–H and O–H groups in total. The molecule has 17 heavy (non-hydrogen) atoms. The number of rotatable bonds is 1. The molecular formula is C8H4F6INO. The molecule has 1 heterocycles. The summed E-state index contributed by atoms with van der Waals surface area (Å²) in [5, 5.41) is 0. The van der Waals surface area contributed by atoms with E-state index in [0.717, 1.165) is 6.07 Å². The Hall–Kier alpha value is -0.740. The lowest BCUT2D eigenvalue weighted by Gasteiger charge is -2.14. The molecule has 9 heteroatoms. The molecule has 1 aromatic rings. The molecule has 96 valence electrons. The lowest BCUT2D eigenvalue weighted by atomic mass is 10.2. The van der Waals surface area contributed by atoms with E-state index in [1.165, 1.54) is 29.5 Å². The summed E-state index contributed by atoms with van der Waals surface area (Å²) in [7, 11) is 0. The molecule has 2 nitrogen and oxygen atoms in total. The number of hydrogen-bond acceptors (Lipinski definition) is 2. The van der Waals surface area contributed by atoms with Crippen molar-refractivity contribution >= 4 is 22.6 Å². The van der Waals surface area contributed by atoms with Crippen molar-refractivity contribution in [1.29, 1.82) is 0 Å². The molecule has 0 bridgehead atoms. The van der Waals surface area contributed by atoms with Gasteiger partial charge in [-0.3, -0.25) is 0 Å². The molecule has 0 radical (unpaired) electrons. The number of aryl methyl sites for hydroxylation is 1. The van der Waals surface area contributed by atoms with E-state index >= 15 is 0 Å². The van der Waals surface area contributed by atoms with Gasteiger partial charge < -0.3 is 4.74 Å². The minimum absolute atomic E-state index is 0.125. The Labute approximate surface area is 105 Å². The molecule has 0 aliphatic heterocycles. The van der Waals surface area contributed by atoms with Crippen LogP contribution in [0, 0.1) is 10.5 Å². The van der Waals surface area contributed by atoms with Crippen LogP contribution >= 0.6 is 22.6 Å².